The van der Waals surface area contributed by atoms with Crippen LogP contribution < -0.4 is 0 Å². The van der Waals surface area contributed by atoms with Crippen LogP contribution in [0.15, 0.2) is 0 Å². The minimum Gasteiger partial charge on any atom is -0.382 e. The second-order valence-corrected chi connectivity index (χ2v) is 4.24. The number of hydrogen-bond acceptors (Lipinski definition) is 3. The van der Waals surface area contributed by atoms with Gasteiger partial charge in [-0.25, -0.2) is 3.11 Å². The largest absolute Gasteiger partial charge is 0.382 e. The topological polar surface area (TPSA) is 21.7 Å². The third kappa shape index (κ3) is 4.02. The molecule has 1 saturated heterocycles. The molecule has 0 saturated carbocycles. The average molecular weight is 285 g/mol. The highest BCUT2D eigenvalue weighted by molar-refractivity contribution is 14.1. The highest BCUT2D eigenvalue weighted by Crippen LogP contribution is 2.15. The van der Waals surface area contributed by atoms with Crippen LogP contribution in [0.1, 0.15) is 13.3 Å². The van der Waals surface area contributed by atoms with Crippen molar-refractivity contribution in [3.05, 3.63) is 0 Å². The zero-order valence-corrected chi connectivity index (χ0v) is 9.62. The van der Waals surface area contributed by atoms with E-state index < -0.39 is 0 Å². The van der Waals surface area contributed by atoms with Crippen LogP contribution in [-0.2, 0) is 9.47 Å². The first-order valence-electron chi connectivity index (χ1n) is 4.43. The maximum atomic E-state index is 5.57. The molecule has 0 unspecified atom stereocenters. The van der Waals surface area contributed by atoms with Gasteiger partial charge in [-0.15, -0.1) is 0 Å². The van der Waals surface area contributed by atoms with Crippen molar-refractivity contribution in [1.29, 1.82) is 0 Å². The molecule has 0 aromatic rings. The molecule has 0 aromatic carbocycles. The molecule has 0 spiro atoms. The van der Waals surface area contributed by atoms with Crippen LogP contribution in [0.3, 0.4) is 0 Å². The summed E-state index contributed by atoms with van der Waals surface area (Å²) in [5.41, 5.74) is 0. The summed E-state index contributed by atoms with van der Waals surface area (Å²) in [6.45, 7) is 6.66. The Morgan fingerprint density at radius 3 is 2.75 bits per heavy atom. The van der Waals surface area contributed by atoms with E-state index in [-0.39, 0.29) is 0 Å². The molecule has 0 amide bonds. The molecule has 0 radical (unpaired) electrons. The van der Waals surface area contributed by atoms with Crippen LogP contribution in [-0.4, -0.2) is 42.1 Å². The molecule has 1 heterocycles. The molecule has 12 heavy (non-hydrogen) atoms. The molecular formula is C8H16INO2. The molecular weight excluding hydrogens is 269 g/mol. The predicted octanol–water partition coefficient (Wildman–Crippen LogP) is 1.46. The second-order valence-electron chi connectivity index (χ2n) is 2.87. The van der Waals surface area contributed by atoms with E-state index in [1.165, 1.54) is 0 Å². The molecule has 0 atom stereocenters. The Kier molecular flexibility index (Phi) is 5.45. The summed E-state index contributed by atoms with van der Waals surface area (Å²) in [5.74, 6) is 0. The first kappa shape index (κ1) is 10.7. The zero-order valence-electron chi connectivity index (χ0n) is 7.46. The van der Waals surface area contributed by atoms with Crippen LogP contribution in [0, 0.1) is 0 Å². The van der Waals surface area contributed by atoms with Gasteiger partial charge in [0.15, 0.2) is 0 Å². The summed E-state index contributed by atoms with van der Waals surface area (Å²) in [7, 11) is 0. The van der Waals surface area contributed by atoms with E-state index in [2.05, 4.69) is 26.0 Å². The van der Waals surface area contributed by atoms with E-state index in [1.807, 2.05) is 6.92 Å². The van der Waals surface area contributed by atoms with Crippen molar-refractivity contribution in [2.75, 3.05) is 32.9 Å². The average Bonchev–Trinajstić information content (AvgIpc) is 2.00. The maximum Gasteiger partial charge on any atom is 0.0844 e. The second kappa shape index (κ2) is 6.12. The standard InChI is InChI=1S/C8H16INO2/c1-2-11-4-3-5-12-8-6-10(9)7-8/h8H,2-7H2,1H3. The van der Waals surface area contributed by atoms with E-state index in [0.29, 0.717) is 6.10 Å². The quantitative estimate of drug-likeness (QED) is 0.419. The van der Waals surface area contributed by atoms with Crippen molar-refractivity contribution in [3.8, 4) is 0 Å². The van der Waals surface area contributed by atoms with Crippen LogP contribution in [0.5, 0.6) is 0 Å². The van der Waals surface area contributed by atoms with E-state index >= 15 is 0 Å². The van der Waals surface area contributed by atoms with Gasteiger partial charge < -0.3 is 9.47 Å². The van der Waals surface area contributed by atoms with E-state index in [0.717, 1.165) is 39.3 Å². The van der Waals surface area contributed by atoms with Crippen molar-refractivity contribution in [1.82, 2.24) is 3.11 Å². The van der Waals surface area contributed by atoms with Crippen molar-refractivity contribution in [2.45, 2.75) is 19.4 Å². The lowest BCUT2D eigenvalue weighted by molar-refractivity contribution is -0.0177. The lowest BCUT2D eigenvalue weighted by Gasteiger charge is -2.33. The third-order valence-electron chi connectivity index (χ3n) is 1.79. The fourth-order valence-electron chi connectivity index (χ4n) is 1.05. The van der Waals surface area contributed by atoms with Gasteiger partial charge in [0.25, 0.3) is 0 Å². The van der Waals surface area contributed by atoms with Gasteiger partial charge in [0.2, 0.25) is 0 Å². The summed E-state index contributed by atoms with van der Waals surface area (Å²) in [4.78, 5) is 0. The molecule has 1 aliphatic rings. The van der Waals surface area contributed by atoms with Crippen LogP contribution in [0.4, 0.5) is 0 Å². The Morgan fingerprint density at radius 1 is 1.42 bits per heavy atom. The van der Waals surface area contributed by atoms with Gasteiger partial charge >= 0.3 is 0 Å². The third-order valence-corrected chi connectivity index (χ3v) is 2.58. The predicted molar refractivity (Wildman–Crippen MR) is 56.4 cm³/mol. The summed E-state index contributed by atoms with van der Waals surface area (Å²) >= 11 is 2.31. The molecule has 72 valence electrons. The molecule has 3 nitrogen and oxygen atoms in total. The summed E-state index contributed by atoms with van der Waals surface area (Å²) in [6, 6.07) is 0. The molecule has 0 aromatic heterocycles. The van der Waals surface area contributed by atoms with E-state index in [9.17, 15) is 0 Å². The lowest BCUT2D eigenvalue weighted by atomic mass is 10.2. The number of rotatable bonds is 6. The maximum absolute atomic E-state index is 5.57. The Labute approximate surface area is 87.9 Å². The first-order chi connectivity index (χ1) is 5.83. The highest BCUT2D eigenvalue weighted by atomic mass is 127. The summed E-state index contributed by atoms with van der Waals surface area (Å²) in [6.07, 6.45) is 1.49. The Hall–Kier alpha value is 0.610. The van der Waals surface area contributed by atoms with Crippen LogP contribution in [0.25, 0.3) is 0 Å². The monoisotopic (exact) mass is 285 g/mol. The Morgan fingerprint density at radius 2 is 2.17 bits per heavy atom. The molecule has 4 heteroatoms. The Balaban J connectivity index is 1.77. The van der Waals surface area contributed by atoms with Crippen molar-refractivity contribution in [2.24, 2.45) is 0 Å². The lowest BCUT2D eigenvalue weighted by Crippen LogP contribution is -2.46. The van der Waals surface area contributed by atoms with Gasteiger partial charge in [-0.3, -0.25) is 0 Å². The summed E-state index contributed by atoms with van der Waals surface area (Å²) in [5, 5.41) is 0. The van der Waals surface area contributed by atoms with Gasteiger partial charge in [0.1, 0.15) is 0 Å². The van der Waals surface area contributed by atoms with Crippen LogP contribution >= 0.6 is 22.9 Å². The smallest absolute Gasteiger partial charge is 0.0844 e. The molecule has 0 bridgehead atoms. The molecule has 0 aliphatic carbocycles. The molecule has 1 rings (SSSR count). The summed E-state index contributed by atoms with van der Waals surface area (Å²) < 4.78 is 13.0. The van der Waals surface area contributed by atoms with Gasteiger partial charge in [-0.1, -0.05) is 0 Å². The van der Waals surface area contributed by atoms with Crippen molar-refractivity contribution < 1.29 is 9.47 Å². The van der Waals surface area contributed by atoms with E-state index in [4.69, 9.17) is 9.47 Å². The fourth-order valence-corrected chi connectivity index (χ4v) is 1.93. The normalized spacial score (nSPS) is 19.5. The molecule has 1 aliphatic heterocycles. The minimum absolute atomic E-state index is 0.475. The SMILES string of the molecule is CCOCCCOC1CN(I)C1. The van der Waals surface area contributed by atoms with Crippen LogP contribution in [0.2, 0.25) is 0 Å². The number of nitrogens with zero attached hydrogens (tertiary/aromatic N) is 1. The fraction of sp³-hybridized carbons (Fsp3) is 1.00. The zero-order chi connectivity index (χ0) is 8.81. The number of halogens is 1. The van der Waals surface area contributed by atoms with Gasteiger partial charge in [-0.05, 0) is 13.3 Å². The molecule has 1 fully saturated rings. The van der Waals surface area contributed by atoms with Gasteiger partial charge in [0, 0.05) is 55.8 Å². The van der Waals surface area contributed by atoms with E-state index in [1.54, 1.807) is 0 Å². The van der Waals surface area contributed by atoms with Crippen molar-refractivity contribution in [3.63, 3.8) is 0 Å². The number of hydrogen-bond donors (Lipinski definition) is 0. The van der Waals surface area contributed by atoms with Crippen molar-refractivity contribution >= 4 is 22.9 Å². The Bertz CT molecular complexity index is 118. The minimum atomic E-state index is 0.475. The van der Waals surface area contributed by atoms with Gasteiger partial charge in [-0.2, -0.15) is 0 Å². The van der Waals surface area contributed by atoms with Gasteiger partial charge in [0.05, 0.1) is 6.10 Å². The number of ether oxygens (including phenoxy) is 2. The highest BCUT2D eigenvalue weighted by Gasteiger charge is 2.24. The molecule has 0 N–H and O–H groups in total. The first-order valence-corrected chi connectivity index (χ1v) is 5.39.